The third-order valence-electron chi connectivity index (χ3n) is 2.77. The molecule has 0 heterocycles. The fourth-order valence-electron chi connectivity index (χ4n) is 1.91. The summed E-state index contributed by atoms with van der Waals surface area (Å²) in [6.07, 6.45) is 0.882. The van der Waals surface area contributed by atoms with Gasteiger partial charge in [0, 0.05) is 12.6 Å². The molecule has 0 aliphatic heterocycles. The smallest absolute Gasteiger partial charge is 0.258 e. The van der Waals surface area contributed by atoms with Gasteiger partial charge in [0.1, 0.15) is 5.75 Å². The Morgan fingerprint density at radius 2 is 2.10 bits per heavy atom. The molecule has 4 nitrogen and oxygen atoms in total. The minimum Gasteiger partial charge on any atom is -0.484 e. The van der Waals surface area contributed by atoms with Crippen LogP contribution in [0.3, 0.4) is 0 Å². The van der Waals surface area contributed by atoms with Crippen LogP contribution in [0.4, 0.5) is 0 Å². The number of ether oxygens (including phenoxy) is 1. The van der Waals surface area contributed by atoms with E-state index in [1.54, 1.807) is 0 Å². The van der Waals surface area contributed by atoms with Crippen molar-refractivity contribution in [2.24, 2.45) is 11.7 Å². The van der Waals surface area contributed by atoms with Gasteiger partial charge < -0.3 is 15.8 Å². The Morgan fingerprint density at radius 3 is 2.65 bits per heavy atom. The molecule has 5 heteroatoms. The molecule has 0 bridgehead atoms. The minimum absolute atomic E-state index is 0. The van der Waals surface area contributed by atoms with Crippen molar-refractivity contribution in [1.82, 2.24) is 5.32 Å². The molecule has 1 amide bonds. The third kappa shape index (κ3) is 7.36. The van der Waals surface area contributed by atoms with Gasteiger partial charge in [-0.05, 0) is 37.0 Å². The molecule has 0 aromatic heterocycles. The van der Waals surface area contributed by atoms with Crippen molar-refractivity contribution in [3.63, 3.8) is 0 Å². The van der Waals surface area contributed by atoms with Crippen molar-refractivity contribution >= 4 is 18.3 Å². The van der Waals surface area contributed by atoms with Gasteiger partial charge in [0.2, 0.25) is 0 Å². The highest BCUT2D eigenvalue weighted by Crippen LogP contribution is 2.12. The van der Waals surface area contributed by atoms with Crippen LogP contribution in [0, 0.1) is 12.8 Å². The summed E-state index contributed by atoms with van der Waals surface area (Å²) in [4.78, 5) is 11.8. The maximum Gasteiger partial charge on any atom is 0.258 e. The van der Waals surface area contributed by atoms with Crippen molar-refractivity contribution < 1.29 is 9.53 Å². The fourth-order valence-corrected chi connectivity index (χ4v) is 1.91. The molecule has 1 aromatic carbocycles. The first kappa shape index (κ1) is 18.7. The summed E-state index contributed by atoms with van der Waals surface area (Å²) in [5.74, 6) is 1.09. The molecule has 1 aromatic rings. The van der Waals surface area contributed by atoms with Gasteiger partial charge in [-0.1, -0.05) is 26.0 Å². The summed E-state index contributed by atoms with van der Waals surface area (Å²) in [6.45, 7) is 6.68. The molecule has 114 valence electrons. The van der Waals surface area contributed by atoms with E-state index in [-0.39, 0.29) is 31.0 Å². The highest BCUT2D eigenvalue weighted by atomic mass is 35.5. The molecule has 0 saturated heterocycles. The summed E-state index contributed by atoms with van der Waals surface area (Å²) in [7, 11) is 0. The molecule has 1 rings (SSSR count). The second kappa shape index (κ2) is 9.61. The maximum absolute atomic E-state index is 11.8. The lowest BCUT2D eigenvalue weighted by atomic mass is 10.0. The van der Waals surface area contributed by atoms with Gasteiger partial charge in [-0.25, -0.2) is 0 Å². The largest absolute Gasteiger partial charge is 0.484 e. The van der Waals surface area contributed by atoms with Gasteiger partial charge in [0.05, 0.1) is 0 Å². The van der Waals surface area contributed by atoms with Crippen LogP contribution in [0.15, 0.2) is 24.3 Å². The Kier molecular flexibility index (Phi) is 9.01. The first-order valence-electron chi connectivity index (χ1n) is 6.70. The highest BCUT2D eigenvalue weighted by molar-refractivity contribution is 5.85. The Bertz CT molecular complexity index is 411. The molecule has 1 atom stereocenters. The number of hydrogen-bond acceptors (Lipinski definition) is 3. The number of amides is 1. The average Bonchev–Trinajstić information content (AvgIpc) is 2.35. The van der Waals surface area contributed by atoms with E-state index in [1.807, 2.05) is 31.2 Å². The normalized spacial score (nSPS) is 11.7. The fraction of sp³-hybridized carbons (Fsp3) is 0.533. The second-order valence-electron chi connectivity index (χ2n) is 5.23. The number of nitrogens with two attached hydrogens (primary N) is 1. The number of halogens is 1. The van der Waals surface area contributed by atoms with Gasteiger partial charge in [-0.15, -0.1) is 12.4 Å². The first-order valence-corrected chi connectivity index (χ1v) is 6.70. The van der Waals surface area contributed by atoms with Crippen LogP contribution in [0.25, 0.3) is 0 Å². The van der Waals surface area contributed by atoms with Gasteiger partial charge in [-0.2, -0.15) is 0 Å². The zero-order chi connectivity index (χ0) is 14.3. The zero-order valence-corrected chi connectivity index (χ0v) is 13.2. The van der Waals surface area contributed by atoms with Crippen LogP contribution in [0.1, 0.15) is 25.8 Å². The minimum atomic E-state index is -0.127. The zero-order valence-electron chi connectivity index (χ0n) is 12.4. The third-order valence-corrected chi connectivity index (χ3v) is 2.77. The Hall–Kier alpha value is -1.26. The molecule has 1 unspecified atom stereocenters. The summed E-state index contributed by atoms with van der Waals surface area (Å²) in [5, 5.41) is 2.89. The summed E-state index contributed by atoms with van der Waals surface area (Å²) in [5.41, 5.74) is 6.75. The predicted molar refractivity (Wildman–Crippen MR) is 84.4 cm³/mol. The first-order chi connectivity index (χ1) is 9.01. The van der Waals surface area contributed by atoms with E-state index in [4.69, 9.17) is 10.5 Å². The lowest BCUT2D eigenvalue weighted by Crippen LogP contribution is -2.43. The van der Waals surface area contributed by atoms with Crippen LogP contribution in [-0.4, -0.2) is 25.1 Å². The van der Waals surface area contributed by atoms with Crippen LogP contribution >= 0.6 is 12.4 Å². The molecule has 20 heavy (non-hydrogen) atoms. The number of nitrogens with one attached hydrogen (secondary N) is 1. The number of rotatable bonds is 7. The van der Waals surface area contributed by atoms with E-state index in [0.29, 0.717) is 18.2 Å². The Balaban J connectivity index is 0.00000361. The van der Waals surface area contributed by atoms with Gasteiger partial charge in [-0.3, -0.25) is 4.79 Å². The molecule has 0 saturated carbocycles. The van der Waals surface area contributed by atoms with Crippen LogP contribution in [0.5, 0.6) is 5.75 Å². The monoisotopic (exact) mass is 300 g/mol. The Labute approximate surface area is 127 Å². The lowest BCUT2D eigenvalue weighted by molar-refractivity contribution is -0.123. The van der Waals surface area contributed by atoms with Crippen molar-refractivity contribution in [1.29, 1.82) is 0 Å². The second-order valence-corrected chi connectivity index (χ2v) is 5.23. The van der Waals surface area contributed by atoms with Crippen molar-refractivity contribution in [3.8, 4) is 5.75 Å². The highest BCUT2D eigenvalue weighted by Gasteiger charge is 2.12. The number of benzene rings is 1. The number of hydrogen-bond donors (Lipinski definition) is 2. The van der Waals surface area contributed by atoms with E-state index in [9.17, 15) is 4.79 Å². The van der Waals surface area contributed by atoms with Crippen molar-refractivity contribution in [2.75, 3.05) is 13.2 Å². The quantitative estimate of drug-likeness (QED) is 0.812. The standard InChI is InChI=1S/C15H24N2O2.ClH/c1-11(2)7-13(9-16)17-15(18)10-19-14-6-4-5-12(3)8-14;/h4-6,8,11,13H,7,9-10,16H2,1-3H3,(H,17,18);1H. The molecule has 3 N–H and O–H groups in total. The van der Waals surface area contributed by atoms with Gasteiger partial charge in [0.15, 0.2) is 6.61 Å². The molecule has 0 aliphatic rings. The van der Waals surface area contributed by atoms with E-state index in [1.165, 1.54) is 0 Å². The summed E-state index contributed by atoms with van der Waals surface area (Å²) in [6, 6.07) is 7.66. The molecule has 0 aliphatic carbocycles. The van der Waals surface area contributed by atoms with Crippen molar-refractivity contribution in [2.45, 2.75) is 33.2 Å². The van der Waals surface area contributed by atoms with Gasteiger partial charge in [0.25, 0.3) is 5.91 Å². The van der Waals surface area contributed by atoms with E-state index >= 15 is 0 Å². The maximum atomic E-state index is 11.8. The molecule has 0 spiro atoms. The number of aryl methyl sites for hydroxylation is 1. The topological polar surface area (TPSA) is 64.3 Å². The van der Waals surface area contributed by atoms with Crippen molar-refractivity contribution in [3.05, 3.63) is 29.8 Å². The van der Waals surface area contributed by atoms with E-state index < -0.39 is 0 Å². The summed E-state index contributed by atoms with van der Waals surface area (Å²) >= 11 is 0. The van der Waals surface area contributed by atoms with E-state index in [2.05, 4.69) is 19.2 Å². The number of carbonyl (C=O) groups is 1. The molecule has 0 fully saturated rings. The molecule has 0 radical (unpaired) electrons. The number of carbonyl (C=O) groups excluding carboxylic acids is 1. The van der Waals surface area contributed by atoms with Crippen LogP contribution < -0.4 is 15.8 Å². The van der Waals surface area contributed by atoms with Gasteiger partial charge >= 0.3 is 0 Å². The SMILES string of the molecule is Cc1cccc(OCC(=O)NC(CN)CC(C)C)c1.Cl. The van der Waals surface area contributed by atoms with Crippen LogP contribution in [0.2, 0.25) is 0 Å². The summed E-state index contributed by atoms with van der Waals surface area (Å²) < 4.78 is 5.45. The van der Waals surface area contributed by atoms with E-state index in [0.717, 1.165) is 12.0 Å². The lowest BCUT2D eigenvalue weighted by Gasteiger charge is -2.18. The van der Waals surface area contributed by atoms with Crippen LogP contribution in [-0.2, 0) is 4.79 Å². The predicted octanol–water partition coefficient (Wildman–Crippen LogP) is 2.29. The Morgan fingerprint density at radius 1 is 1.40 bits per heavy atom. The average molecular weight is 301 g/mol. The molecular formula is C15H25ClN2O2. The molecular weight excluding hydrogens is 276 g/mol.